The summed E-state index contributed by atoms with van der Waals surface area (Å²) in [6.45, 7) is 1.70. The lowest BCUT2D eigenvalue weighted by Crippen LogP contribution is -2.27. The molecule has 0 aromatic carbocycles. The van der Waals surface area contributed by atoms with E-state index in [1.165, 1.54) is 18.4 Å². The van der Waals surface area contributed by atoms with E-state index in [1.807, 2.05) is 0 Å². The van der Waals surface area contributed by atoms with E-state index in [0.29, 0.717) is 10.6 Å². The van der Waals surface area contributed by atoms with Crippen LogP contribution >= 0.6 is 11.3 Å². The summed E-state index contributed by atoms with van der Waals surface area (Å²) in [5, 5.41) is 2.27. The highest BCUT2D eigenvalue weighted by atomic mass is 32.1. The molecule has 1 aromatic rings. The summed E-state index contributed by atoms with van der Waals surface area (Å²) in [6, 6.07) is 0. The maximum absolute atomic E-state index is 11.2. The minimum absolute atomic E-state index is 0.411. The highest BCUT2D eigenvalue weighted by Crippen LogP contribution is 2.12. The fraction of sp³-hybridized carbons (Fsp3) is 0.286. The van der Waals surface area contributed by atoms with E-state index < -0.39 is 11.7 Å². The summed E-state index contributed by atoms with van der Waals surface area (Å²) >= 11 is 1.18. The lowest BCUT2D eigenvalue weighted by molar-refractivity contribution is -0.116. The fourth-order valence-electron chi connectivity index (χ4n) is 0.736. The van der Waals surface area contributed by atoms with Gasteiger partial charge >= 0.3 is 0 Å². The van der Waals surface area contributed by atoms with Gasteiger partial charge in [-0.05, 0) is 6.92 Å². The van der Waals surface area contributed by atoms with E-state index in [4.69, 9.17) is 0 Å². The van der Waals surface area contributed by atoms with Gasteiger partial charge in [0.25, 0.3) is 11.7 Å². The van der Waals surface area contributed by atoms with Crippen molar-refractivity contribution in [1.82, 2.24) is 10.3 Å². The molecule has 0 aliphatic carbocycles. The molecule has 0 aliphatic rings. The second kappa shape index (κ2) is 3.44. The van der Waals surface area contributed by atoms with Crippen molar-refractivity contribution in [3.05, 3.63) is 16.1 Å². The van der Waals surface area contributed by atoms with Gasteiger partial charge in [-0.15, -0.1) is 11.3 Å². The van der Waals surface area contributed by atoms with Gasteiger partial charge in [0, 0.05) is 7.05 Å². The van der Waals surface area contributed by atoms with Gasteiger partial charge in [0.15, 0.2) is 0 Å². The third-order valence-corrected chi connectivity index (χ3v) is 2.31. The molecular formula is C7H8N2O2S. The Morgan fingerprint density at radius 2 is 2.25 bits per heavy atom. The Morgan fingerprint density at radius 3 is 2.67 bits per heavy atom. The molecule has 1 rings (SSSR count). The van der Waals surface area contributed by atoms with Crippen molar-refractivity contribution in [2.45, 2.75) is 6.92 Å². The molecular weight excluding hydrogens is 176 g/mol. The minimum atomic E-state index is -0.595. The van der Waals surface area contributed by atoms with Crippen LogP contribution in [0.5, 0.6) is 0 Å². The second-order valence-corrected chi connectivity index (χ2v) is 3.03. The summed E-state index contributed by atoms with van der Waals surface area (Å²) in [7, 11) is 1.43. The van der Waals surface area contributed by atoms with Crippen molar-refractivity contribution in [2.75, 3.05) is 7.05 Å². The number of carbonyl (C=O) groups is 2. The van der Waals surface area contributed by atoms with Crippen molar-refractivity contribution in [3.8, 4) is 0 Å². The average molecular weight is 184 g/mol. The number of rotatable bonds is 2. The zero-order valence-corrected chi connectivity index (χ0v) is 7.57. The van der Waals surface area contributed by atoms with E-state index in [9.17, 15) is 9.59 Å². The van der Waals surface area contributed by atoms with Crippen molar-refractivity contribution >= 4 is 23.0 Å². The van der Waals surface area contributed by atoms with Crippen LogP contribution in [0.2, 0.25) is 0 Å². The summed E-state index contributed by atoms with van der Waals surface area (Å²) in [6.07, 6.45) is 0. The maximum Gasteiger partial charge on any atom is 0.293 e. The number of amides is 1. The Morgan fingerprint density at radius 1 is 1.58 bits per heavy atom. The van der Waals surface area contributed by atoms with E-state index in [2.05, 4.69) is 10.3 Å². The zero-order chi connectivity index (χ0) is 9.14. The molecule has 0 unspecified atom stereocenters. The molecule has 4 nitrogen and oxygen atoms in total. The maximum atomic E-state index is 11.2. The van der Waals surface area contributed by atoms with Gasteiger partial charge in [-0.1, -0.05) is 0 Å². The Kier molecular flexibility index (Phi) is 2.54. The number of likely N-dealkylation sites (N-methyl/N-ethyl adjacent to an activating group) is 1. The lowest BCUT2D eigenvalue weighted by Gasteiger charge is -1.95. The molecule has 1 heterocycles. The standard InChI is InChI=1S/C7H8N2O2S/c1-4-6(12-3-9-4)5(10)7(11)8-2/h3H,1-2H3,(H,8,11). The first-order valence-corrected chi connectivity index (χ1v) is 4.21. The number of aryl methyl sites for hydroxylation is 1. The highest BCUT2D eigenvalue weighted by molar-refractivity contribution is 7.12. The van der Waals surface area contributed by atoms with Crippen LogP contribution < -0.4 is 5.32 Å². The summed E-state index contributed by atoms with van der Waals surface area (Å²) < 4.78 is 0. The normalized spacial score (nSPS) is 9.50. The van der Waals surface area contributed by atoms with Gasteiger partial charge < -0.3 is 5.32 Å². The topological polar surface area (TPSA) is 59.1 Å². The molecule has 12 heavy (non-hydrogen) atoms. The number of nitrogens with one attached hydrogen (secondary N) is 1. The largest absolute Gasteiger partial charge is 0.352 e. The van der Waals surface area contributed by atoms with Gasteiger partial charge in [-0.3, -0.25) is 9.59 Å². The quantitative estimate of drug-likeness (QED) is 0.534. The van der Waals surface area contributed by atoms with Gasteiger partial charge in [0.2, 0.25) is 0 Å². The van der Waals surface area contributed by atoms with Crippen molar-refractivity contribution in [2.24, 2.45) is 0 Å². The van der Waals surface area contributed by atoms with Crippen LogP contribution in [0, 0.1) is 6.92 Å². The molecule has 0 saturated carbocycles. The highest BCUT2D eigenvalue weighted by Gasteiger charge is 2.18. The third kappa shape index (κ3) is 1.50. The van der Waals surface area contributed by atoms with E-state index >= 15 is 0 Å². The Balaban J connectivity index is 2.93. The molecule has 0 radical (unpaired) electrons. The van der Waals surface area contributed by atoms with Gasteiger partial charge in [0.1, 0.15) is 4.88 Å². The molecule has 0 saturated heterocycles. The van der Waals surface area contributed by atoms with Crippen LogP contribution in [-0.4, -0.2) is 23.7 Å². The SMILES string of the molecule is CNC(=O)C(=O)c1scnc1C. The Hall–Kier alpha value is -1.23. The van der Waals surface area contributed by atoms with Crippen molar-refractivity contribution in [1.29, 1.82) is 0 Å². The van der Waals surface area contributed by atoms with E-state index in [1.54, 1.807) is 12.4 Å². The number of carbonyl (C=O) groups excluding carboxylic acids is 2. The third-order valence-electron chi connectivity index (χ3n) is 1.39. The van der Waals surface area contributed by atoms with Crippen LogP contribution in [0.1, 0.15) is 15.4 Å². The molecule has 0 spiro atoms. The van der Waals surface area contributed by atoms with Crippen LogP contribution in [0.25, 0.3) is 0 Å². The van der Waals surface area contributed by atoms with Crippen molar-refractivity contribution in [3.63, 3.8) is 0 Å². The van der Waals surface area contributed by atoms with Crippen LogP contribution in [0.3, 0.4) is 0 Å². The monoisotopic (exact) mass is 184 g/mol. The molecule has 0 bridgehead atoms. The first-order chi connectivity index (χ1) is 5.66. The number of hydrogen-bond donors (Lipinski definition) is 1. The molecule has 64 valence electrons. The summed E-state index contributed by atoms with van der Waals surface area (Å²) in [4.78, 5) is 26.4. The zero-order valence-electron chi connectivity index (χ0n) is 6.75. The van der Waals surface area contributed by atoms with Crippen molar-refractivity contribution < 1.29 is 9.59 Å². The molecule has 0 atom stereocenters. The molecule has 5 heteroatoms. The first-order valence-electron chi connectivity index (χ1n) is 3.33. The first kappa shape index (κ1) is 8.86. The lowest BCUT2D eigenvalue weighted by atomic mass is 10.3. The second-order valence-electron chi connectivity index (χ2n) is 2.18. The smallest absolute Gasteiger partial charge is 0.293 e. The molecule has 1 aromatic heterocycles. The van der Waals surface area contributed by atoms with Gasteiger partial charge in [-0.25, -0.2) is 4.98 Å². The Labute approximate surface area is 73.6 Å². The number of hydrogen-bond acceptors (Lipinski definition) is 4. The number of aromatic nitrogens is 1. The van der Waals surface area contributed by atoms with Crippen LogP contribution in [0.4, 0.5) is 0 Å². The van der Waals surface area contributed by atoms with Gasteiger partial charge in [-0.2, -0.15) is 0 Å². The minimum Gasteiger partial charge on any atom is -0.352 e. The fourth-order valence-corrected chi connectivity index (χ4v) is 1.48. The predicted molar refractivity (Wildman–Crippen MR) is 45.2 cm³/mol. The summed E-state index contributed by atoms with van der Waals surface area (Å²) in [5.74, 6) is -1.11. The summed E-state index contributed by atoms with van der Waals surface area (Å²) in [5.41, 5.74) is 2.15. The van der Waals surface area contributed by atoms with Gasteiger partial charge in [0.05, 0.1) is 11.2 Å². The Bertz CT molecular complexity index is 319. The number of ketones is 1. The number of Topliss-reactive ketones (excluding diaryl/α,β-unsaturated/α-hetero) is 1. The average Bonchev–Trinajstić information content (AvgIpc) is 2.48. The number of nitrogens with zero attached hydrogens (tertiary/aromatic N) is 1. The van der Waals surface area contributed by atoms with E-state index in [0.717, 1.165) is 0 Å². The molecule has 1 N–H and O–H groups in total. The number of thiazole rings is 1. The van der Waals surface area contributed by atoms with Crippen LogP contribution in [-0.2, 0) is 4.79 Å². The molecule has 1 amide bonds. The van der Waals surface area contributed by atoms with E-state index in [-0.39, 0.29) is 0 Å². The molecule has 0 fully saturated rings. The molecule has 0 aliphatic heterocycles. The predicted octanol–water partition coefficient (Wildman–Crippen LogP) is 0.380. The van der Waals surface area contributed by atoms with Crippen LogP contribution in [0.15, 0.2) is 5.51 Å².